The number of methoxy groups -OCH3 is 2. The summed E-state index contributed by atoms with van der Waals surface area (Å²) < 4.78 is 10.3. The van der Waals surface area contributed by atoms with Gasteiger partial charge in [-0.1, -0.05) is 0 Å². The fourth-order valence-electron chi connectivity index (χ4n) is 1.80. The largest absolute Gasteiger partial charge is 0.507 e. The lowest BCUT2D eigenvalue weighted by molar-refractivity contribution is 0.411. The molecule has 0 aliphatic heterocycles. The Hall–Kier alpha value is -2.49. The van der Waals surface area contributed by atoms with Crippen LogP contribution in [0.2, 0.25) is 0 Å². The molecule has 20 heavy (non-hydrogen) atoms. The second-order valence-electron chi connectivity index (χ2n) is 4.34. The molecule has 0 aliphatic carbocycles. The maximum absolute atomic E-state index is 10.0. The van der Waals surface area contributed by atoms with E-state index in [0.717, 1.165) is 17.0 Å². The van der Waals surface area contributed by atoms with Crippen LogP contribution in [0.3, 0.4) is 0 Å². The number of aryl methyl sites for hydroxylation is 1. The number of aliphatic imine (C=N–C) groups is 1. The molecule has 2 aromatic carbocycles. The molecule has 0 saturated carbocycles. The first-order chi connectivity index (χ1) is 9.63. The first-order valence-electron chi connectivity index (χ1n) is 6.19. The van der Waals surface area contributed by atoms with E-state index in [4.69, 9.17) is 9.47 Å². The molecule has 0 amide bonds. The third-order valence-corrected chi connectivity index (χ3v) is 2.96. The van der Waals surface area contributed by atoms with E-state index in [0.29, 0.717) is 11.3 Å². The number of hydrogen-bond donors (Lipinski definition) is 1. The first kappa shape index (κ1) is 13.9. The molecule has 104 valence electrons. The fraction of sp³-hybridized carbons (Fsp3) is 0.188. The summed E-state index contributed by atoms with van der Waals surface area (Å²) in [5.74, 6) is 1.68. The smallest absolute Gasteiger partial charge is 0.127 e. The second-order valence-corrected chi connectivity index (χ2v) is 4.34. The minimum atomic E-state index is 0.211. The van der Waals surface area contributed by atoms with Crippen molar-refractivity contribution in [2.75, 3.05) is 14.2 Å². The van der Waals surface area contributed by atoms with Crippen LogP contribution in [0.15, 0.2) is 41.4 Å². The average molecular weight is 271 g/mol. The van der Waals surface area contributed by atoms with Crippen molar-refractivity contribution in [1.82, 2.24) is 0 Å². The number of ether oxygens (including phenoxy) is 2. The van der Waals surface area contributed by atoms with Gasteiger partial charge in [0, 0.05) is 11.8 Å². The Balaban J connectivity index is 2.28. The van der Waals surface area contributed by atoms with Crippen LogP contribution in [-0.2, 0) is 0 Å². The minimum absolute atomic E-state index is 0.211. The highest BCUT2D eigenvalue weighted by atomic mass is 16.5. The van der Waals surface area contributed by atoms with Gasteiger partial charge in [0.2, 0.25) is 0 Å². The molecule has 2 rings (SSSR count). The quantitative estimate of drug-likeness (QED) is 0.866. The molecule has 0 bridgehead atoms. The Bertz CT molecular complexity index is 618. The fourth-order valence-corrected chi connectivity index (χ4v) is 1.80. The third kappa shape index (κ3) is 3.09. The minimum Gasteiger partial charge on any atom is -0.507 e. The molecular formula is C16H17NO3. The van der Waals surface area contributed by atoms with Gasteiger partial charge in [-0.05, 0) is 48.9 Å². The van der Waals surface area contributed by atoms with Crippen LogP contribution >= 0.6 is 0 Å². The summed E-state index contributed by atoms with van der Waals surface area (Å²) in [5, 5.41) is 10.0. The molecule has 0 spiro atoms. The molecule has 0 aliphatic rings. The molecule has 2 aromatic rings. The van der Waals surface area contributed by atoms with Gasteiger partial charge in [0.15, 0.2) is 0 Å². The predicted octanol–water partition coefficient (Wildman–Crippen LogP) is 3.47. The molecule has 0 unspecified atom stereocenters. The van der Waals surface area contributed by atoms with Crippen molar-refractivity contribution in [1.29, 1.82) is 0 Å². The van der Waals surface area contributed by atoms with Crippen molar-refractivity contribution < 1.29 is 14.6 Å². The molecule has 4 nitrogen and oxygen atoms in total. The maximum Gasteiger partial charge on any atom is 0.127 e. The van der Waals surface area contributed by atoms with E-state index in [1.165, 1.54) is 0 Å². The van der Waals surface area contributed by atoms with Gasteiger partial charge in [-0.3, -0.25) is 4.99 Å². The highest BCUT2D eigenvalue weighted by molar-refractivity contribution is 5.86. The van der Waals surface area contributed by atoms with Crippen LogP contribution in [0.25, 0.3) is 0 Å². The summed E-state index contributed by atoms with van der Waals surface area (Å²) in [6.45, 7) is 1.82. The van der Waals surface area contributed by atoms with Gasteiger partial charge >= 0.3 is 0 Å². The number of nitrogens with zero attached hydrogens (tertiary/aromatic N) is 1. The molecule has 0 aromatic heterocycles. The van der Waals surface area contributed by atoms with Gasteiger partial charge in [0.25, 0.3) is 0 Å². The number of hydrogen-bond acceptors (Lipinski definition) is 4. The van der Waals surface area contributed by atoms with Crippen molar-refractivity contribution in [2.45, 2.75) is 6.92 Å². The molecular weight excluding hydrogens is 254 g/mol. The lowest BCUT2D eigenvalue weighted by atomic mass is 10.1. The lowest BCUT2D eigenvalue weighted by Crippen LogP contribution is -1.90. The van der Waals surface area contributed by atoms with Gasteiger partial charge in [-0.25, -0.2) is 0 Å². The zero-order valence-electron chi connectivity index (χ0n) is 11.8. The SMILES string of the molecule is COc1ccc(N=Cc2cc(OC)cc(C)c2O)cc1. The Morgan fingerprint density at radius 1 is 1.00 bits per heavy atom. The number of phenolic OH excluding ortho intramolecular Hbond substituents is 1. The van der Waals surface area contributed by atoms with Crippen molar-refractivity contribution in [2.24, 2.45) is 4.99 Å². The van der Waals surface area contributed by atoms with E-state index in [-0.39, 0.29) is 5.75 Å². The molecule has 1 N–H and O–H groups in total. The Morgan fingerprint density at radius 2 is 1.65 bits per heavy atom. The van der Waals surface area contributed by atoms with E-state index in [1.807, 2.05) is 31.2 Å². The van der Waals surface area contributed by atoms with Crippen LogP contribution < -0.4 is 9.47 Å². The highest BCUT2D eigenvalue weighted by Crippen LogP contribution is 2.27. The highest BCUT2D eigenvalue weighted by Gasteiger charge is 2.05. The van der Waals surface area contributed by atoms with Gasteiger partial charge in [-0.2, -0.15) is 0 Å². The van der Waals surface area contributed by atoms with E-state index < -0.39 is 0 Å². The standard InChI is InChI=1S/C16H17NO3/c1-11-8-15(20-3)9-12(16(11)18)10-17-13-4-6-14(19-2)7-5-13/h4-10,18H,1-3H3. The summed E-state index contributed by atoms with van der Waals surface area (Å²) in [7, 11) is 3.21. The first-order valence-corrected chi connectivity index (χ1v) is 6.19. The third-order valence-electron chi connectivity index (χ3n) is 2.96. The number of benzene rings is 2. The van der Waals surface area contributed by atoms with Crippen molar-refractivity contribution in [3.63, 3.8) is 0 Å². The molecule has 0 saturated heterocycles. The van der Waals surface area contributed by atoms with Crippen LogP contribution in [0, 0.1) is 6.92 Å². The summed E-state index contributed by atoms with van der Waals surface area (Å²) in [6.07, 6.45) is 1.62. The molecule has 0 fully saturated rings. The van der Waals surface area contributed by atoms with Crippen LogP contribution in [0.5, 0.6) is 17.2 Å². The Labute approximate surface area is 118 Å². The molecule has 0 atom stereocenters. The van der Waals surface area contributed by atoms with E-state index in [2.05, 4.69) is 4.99 Å². The lowest BCUT2D eigenvalue weighted by Gasteiger charge is -2.06. The Kier molecular flexibility index (Phi) is 4.25. The van der Waals surface area contributed by atoms with Crippen molar-refractivity contribution >= 4 is 11.9 Å². The van der Waals surface area contributed by atoms with Crippen molar-refractivity contribution in [3.05, 3.63) is 47.5 Å². The summed E-state index contributed by atoms with van der Waals surface area (Å²) in [6, 6.07) is 10.9. The number of aromatic hydroxyl groups is 1. The molecule has 0 radical (unpaired) electrons. The normalized spacial score (nSPS) is 10.8. The monoisotopic (exact) mass is 271 g/mol. The molecule has 4 heteroatoms. The van der Waals surface area contributed by atoms with Crippen LogP contribution in [0.1, 0.15) is 11.1 Å². The number of phenols is 1. The summed E-state index contributed by atoms with van der Waals surface area (Å²) in [4.78, 5) is 4.33. The van der Waals surface area contributed by atoms with E-state index in [1.54, 1.807) is 32.6 Å². The van der Waals surface area contributed by atoms with E-state index in [9.17, 15) is 5.11 Å². The van der Waals surface area contributed by atoms with Gasteiger partial charge in [0.05, 0.1) is 19.9 Å². The predicted molar refractivity (Wildman–Crippen MR) is 79.6 cm³/mol. The van der Waals surface area contributed by atoms with Crippen LogP contribution in [0.4, 0.5) is 5.69 Å². The van der Waals surface area contributed by atoms with Gasteiger partial charge in [-0.15, -0.1) is 0 Å². The number of rotatable bonds is 4. The zero-order valence-corrected chi connectivity index (χ0v) is 11.8. The van der Waals surface area contributed by atoms with E-state index >= 15 is 0 Å². The molecule has 0 heterocycles. The zero-order chi connectivity index (χ0) is 14.5. The van der Waals surface area contributed by atoms with Crippen LogP contribution in [-0.4, -0.2) is 25.5 Å². The van der Waals surface area contributed by atoms with Crippen molar-refractivity contribution in [3.8, 4) is 17.2 Å². The maximum atomic E-state index is 10.0. The topological polar surface area (TPSA) is 51.0 Å². The van der Waals surface area contributed by atoms with Gasteiger partial charge < -0.3 is 14.6 Å². The average Bonchev–Trinajstić information content (AvgIpc) is 2.49. The Morgan fingerprint density at radius 3 is 2.25 bits per heavy atom. The summed E-state index contributed by atoms with van der Waals surface area (Å²) >= 11 is 0. The summed E-state index contributed by atoms with van der Waals surface area (Å²) in [5.41, 5.74) is 2.16. The van der Waals surface area contributed by atoms with Gasteiger partial charge in [0.1, 0.15) is 17.2 Å². The second kappa shape index (κ2) is 6.10.